The molecule has 0 bridgehead atoms. The highest BCUT2D eigenvalue weighted by Gasteiger charge is 2.32. The van der Waals surface area contributed by atoms with Crippen LogP contribution in [0.2, 0.25) is 0 Å². The van der Waals surface area contributed by atoms with Crippen LogP contribution in [0.3, 0.4) is 0 Å². The Labute approximate surface area is 109 Å². The third kappa shape index (κ3) is 4.42. The van der Waals surface area contributed by atoms with Gasteiger partial charge in [-0.3, -0.25) is 5.41 Å². The molecule has 3 N–H and O–H groups in total. The smallest absolute Gasteiger partial charge is 0.384 e. The quantitative estimate of drug-likeness (QED) is 0.640. The van der Waals surface area contributed by atoms with E-state index in [0.29, 0.717) is 12.1 Å². The predicted molar refractivity (Wildman–Crippen MR) is 68.5 cm³/mol. The summed E-state index contributed by atoms with van der Waals surface area (Å²) >= 11 is 0. The van der Waals surface area contributed by atoms with Gasteiger partial charge in [0.15, 0.2) is 0 Å². The third-order valence-corrected chi connectivity index (χ3v) is 2.47. The molecule has 0 aromatic carbocycles. The van der Waals surface area contributed by atoms with Gasteiger partial charge in [-0.25, -0.2) is 4.98 Å². The van der Waals surface area contributed by atoms with Crippen LogP contribution in [0.4, 0.5) is 19.0 Å². The first-order valence-electron chi connectivity index (χ1n) is 5.88. The molecule has 1 aromatic rings. The SMILES string of the molecule is CCCN(CC(F)(F)F)c1nc(C)ccc1C(=N)N. The van der Waals surface area contributed by atoms with Gasteiger partial charge >= 0.3 is 6.18 Å². The number of hydrogen-bond acceptors (Lipinski definition) is 3. The summed E-state index contributed by atoms with van der Waals surface area (Å²) in [7, 11) is 0. The van der Waals surface area contributed by atoms with Gasteiger partial charge in [-0.15, -0.1) is 0 Å². The Morgan fingerprint density at radius 2 is 2.05 bits per heavy atom. The Hall–Kier alpha value is -1.79. The predicted octanol–water partition coefficient (Wildman–Crippen LogP) is 2.45. The highest BCUT2D eigenvalue weighted by atomic mass is 19.4. The summed E-state index contributed by atoms with van der Waals surface area (Å²) < 4.78 is 37.8. The zero-order valence-corrected chi connectivity index (χ0v) is 10.9. The molecule has 0 aliphatic rings. The van der Waals surface area contributed by atoms with E-state index in [0.717, 1.165) is 4.90 Å². The first-order chi connectivity index (χ1) is 8.74. The van der Waals surface area contributed by atoms with Crippen molar-refractivity contribution < 1.29 is 13.2 Å². The number of nitrogens with zero attached hydrogens (tertiary/aromatic N) is 2. The van der Waals surface area contributed by atoms with E-state index in [-0.39, 0.29) is 23.8 Å². The molecule has 0 aliphatic carbocycles. The van der Waals surface area contributed by atoms with E-state index in [9.17, 15) is 13.2 Å². The minimum Gasteiger partial charge on any atom is -0.384 e. The van der Waals surface area contributed by atoms with Gasteiger partial charge in [0.1, 0.15) is 18.2 Å². The lowest BCUT2D eigenvalue weighted by atomic mass is 10.2. The Morgan fingerprint density at radius 1 is 1.42 bits per heavy atom. The molecule has 106 valence electrons. The average Bonchev–Trinajstić information content (AvgIpc) is 2.26. The lowest BCUT2D eigenvalue weighted by Crippen LogP contribution is -2.37. The number of alkyl halides is 3. The number of amidine groups is 1. The van der Waals surface area contributed by atoms with Gasteiger partial charge in [0.2, 0.25) is 0 Å². The van der Waals surface area contributed by atoms with E-state index in [1.165, 1.54) is 6.07 Å². The number of halogens is 3. The Bertz CT molecular complexity index is 457. The van der Waals surface area contributed by atoms with Crippen molar-refractivity contribution in [3.63, 3.8) is 0 Å². The van der Waals surface area contributed by atoms with Crippen LogP contribution in [0.5, 0.6) is 0 Å². The van der Waals surface area contributed by atoms with Crippen LogP contribution in [0.25, 0.3) is 0 Å². The first kappa shape index (κ1) is 15.3. The molecule has 0 spiro atoms. The van der Waals surface area contributed by atoms with E-state index >= 15 is 0 Å². The lowest BCUT2D eigenvalue weighted by Gasteiger charge is -2.26. The summed E-state index contributed by atoms with van der Waals surface area (Å²) in [4.78, 5) is 5.22. The molecule has 1 rings (SSSR count). The number of nitrogen functional groups attached to an aromatic ring is 1. The summed E-state index contributed by atoms with van der Waals surface area (Å²) in [5.74, 6) is -0.169. The summed E-state index contributed by atoms with van der Waals surface area (Å²) in [6, 6.07) is 3.15. The Morgan fingerprint density at radius 3 is 2.53 bits per heavy atom. The van der Waals surface area contributed by atoms with Gasteiger partial charge in [0, 0.05) is 12.2 Å². The highest BCUT2D eigenvalue weighted by molar-refractivity contribution is 5.99. The summed E-state index contributed by atoms with van der Waals surface area (Å²) in [6.45, 7) is 2.57. The number of anilines is 1. The summed E-state index contributed by atoms with van der Waals surface area (Å²) in [5.41, 5.74) is 6.21. The van der Waals surface area contributed by atoms with Crippen LogP contribution >= 0.6 is 0 Å². The first-order valence-corrected chi connectivity index (χ1v) is 5.88. The standard InChI is InChI=1S/C12H17F3N4/c1-3-6-19(7-12(13,14)15)11-9(10(16)17)5-4-8(2)18-11/h4-5H,3,6-7H2,1-2H3,(H3,16,17). The monoisotopic (exact) mass is 274 g/mol. The van der Waals surface area contributed by atoms with Gasteiger partial charge in [0.05, 0.1) is 5.56 Å². The van der Waals surface area contributed by atoms with Gasteiger partial charge in [-0.2, -0.15) is 13.2 Å². The molecule has 7 heteroatoms. The van der Waals surface area contributed by atoms with E-state index < -0.39 is 12.7 Å². The largest absolute Gasteiger partial charge is 0.405 e. The molecule has 0 radical (unpaired) electrons. The molecular weight excluding hydrogens is 257 g/mol. The molecule has 0 saturated heterocycles. The molecular formula is C12H17F3N4. The molecule has 19 heavy (non-hydrogen) atoms. The number of pyridine rings is 1. The molecule has 0 aliphatic heterocycles. The van der Waals surface area contributed by atoms with Crippen molar-refractivity contribution in [2.45, 2.75) is 26.4 Å². The minimum atomic E-state index is -4.32. The second-order valence-electron chi connectivity index (χ2n) is 4.27. The molecule has 4 nitrogen and oxygen atoms in total. The second-order valence-corrected chi connectivity index (χ2v) is 4.27. The van der Waals surface area contributed by atoms with Crippen molar-refractivity contribution in [2.24, 2.45) is 5.73 Å². The van der Waals surface area contributed by atoms with Crippen molar-refractivity contribution in [3.05, 3.63) is 23.4 Å². The van der Waals surface area contributed by atoms with Crippen molar-refractivity contribution in [3.8, 4) is 0 Å². The maximum absolute atomic E-state index is 12.6. The fraction of sp³-hybridized carbons (Fsp3) is 0.500. The van der Waals surface area contributed by atoms with Gasteiger partial charge in [-0.1, -0.05) is 6.92 Å². The zero-order chi connectivity index (χ0) is 14.6. The average molecular weight is 274 g/mol. The van der Waals surface area contributed by atoms with Gasteiger partial charge in [-0.05, 0) is 25.5 Å². The van der Waals surface area contributed by atoms with E-state index in [2.05, 4.69) is 4.98 Å². The molecule has 0 saturated carbocycles. The summed E-state index contributed by atoms with van der Waals surface area (Å²) in [5, 5.41) is 7.43. The van der Waals surface area contributed by atoms with Crippen LogP contribution in [0, 0.1) is 12.3 Å². The van der Waals surface area contributed by atoms with E-state index in [4.69, 9.17) is 11.1 Å². The molecule has 1 aromatic heterocycles. The lowest BCUT2D eigenvalue weighted by molar-refractivity contribution is -0.119. The number of nitrogens with one attached hydrogen (secondary N) is 1. The van der Waals surface area contributed by atoms with Crippen LogP contribution in [-0.2, 0) is 0 Å². The normalized spacial score (nSPS) is 11.4. The number of aryl methyl sites for hydroxylation is 1. The Balaban J connectivity index is 3.20. The van der Waals surface area contributed by atoms with E-state index in [1.807, 2.05) is 0 Å². The van der Waals surface area contributed by atoms with Gasteiger partial charge < -0.3 is 10.6 Å². The topological polar surface area (TPSA) is 66.0 Å². The van der Waals surface area contributed by atoms with Crippen LogP contribution in [0.15, 0.2) is 12.1 Å². The van der Waals surface area contributed by atoms with Crippen molar-refractivity contribution in [2.75, 3.05) is 18.0 Å². The van der Waals surface area contributed by atoms with Crippen molar-refractivity contribution in [1.82, 2.24) is 4.98 Å². The molecule has 0 atom stereocenters. The van der Waals surface area contributed by atoms with Crippen LogP contribution < -0.4 is 10.6 Å². The van der Waals surface area contributed by atoms with Crippen LogP contribution in [0.1, 0.15) is 24.6 Å². The molecule has 0 fully saturated rings. The van der Waals surface area contributed by atoms with Crippen molar-refractivity contribution >= 4 is 11.7 Å². The van der Waals surface area contributed by atoms with Crippen molar-refractivity contribution in [1.29, 1.82) is 5.41 Å². The maximum Gasteiger partial charge on any atom is 0.405 e. The fourth-order valence-electron chi connectivity index (χ4n) is 1.74. The minimum absolute atomic E-state index is 0.117. The fourth-order valence-corrected chi connectivity index (χ4v) is 1.74. The van der Waals surface area contributed by atoms with Gasteiger partial charge in [0.25, 0.3) is 0 Å². The second kappa shape index (κ2) is 5.90. The number of hydrogen-bond donors (Lipinski definition) is 2. The van der Waals surface area contributed by atoms with Crippen LogP contribution in [-0.4, -0.2) is 30.1 Å². The zero-order valence-electron chi connectivity index (χ0n) is 10.9. The Kier molecular flexibility index (Phi) is 4.74. The molecule has 0 amide bonds. The van der Waals surface area contributed by atoms with E-state index in [1.54, 1.807) is 19.9 Å². The number of aromatic nitrogens is 1. The third-order valence-electron chi connectivity index (χ3n) is 2.47. The molecule has 0 unspecified atom stereocenters. The summed E-state index contributed by atoms with van der Waals surface area (Å²) in [6.07, 6.45) is -3.78. The number of rotatable bonds is 5. The maximum atomic E-state index is 12.6. The number of nitrogens with two attached hydrogens (primary N) is 1. The highest BCUT2D eigenvalue weighted by Crippen LogP contribution is 2.24. The molecule has 1 heterocycles.